The molecule has 0 fully saturated rings. The van der Waals surface area contributed by atoms with Crippen molar-refractivity contribution < 1.29 is 24.3 Å². The fourth-order valence-corrected chi connectivity index (χ4v) is 27.7. The van der Waals surface area contributed by atoms with Gasteiger partial charge in [-0.1, -0.05) is 0 Å². The van der Waals surface area contributed by atoms with E-state index in [-0.39, 0.29) is 11.6 Å². The number of halogens is 4. The van der Waals surface area contributed by atoms with E-state index >= 15 is 0 Å². The van der Waals surface area contributed by atoms with Crippen LogP contribution in [0.4, 0.5) is 8.78 Å². The third-order valence-corrected chi connectivity index (χ3v) is 53.8. The Labute approximate surface area is 161 Å². The number of rotatable bonds is 3. The summed E-state index contributed by atoms with van der Waals surface area (Å²) in [4.78, 5) is 0. The van der Waals surface area contributed by atoms with Crippen LogP contribution in [-0.4, -0.2) is 5.92 Å². The standard InChI is InChI=1S/2C9H6F.C2H7Si.2ClH.Zr/c2*10-9-6-2-4-7-3-1-5-8(7)9;1-3-2;;;/h2*1-3,6H,5H2;3H,1-2H3;2*1H;/q;;;;;+2/p-2. The minimum atomic E-state index is -4.73. The molecule has 6 heteroatoms. The van der Waals surface area contributed by atoms with Crippen LogP contribution in [0.25, 0.3) is 12.2 Å². The Balaban J connectivity index is 2.09. The Morgan fingerprint density at radius 1 is 0.808 bits per heavy atom. The van der Waals surface area contributed by atoms with Gasteiger partial charge in [0.2, 0.25) is 0 Å². The minimum absolute atomic E-state index is 0.214. The first kappa shape index (κ1) is 18.8. The van der Waals surface area contributed by atoms with Gasteiger partial charge < -0.3 is 0 Å². The third-order valence-electron chi connectivity index (χ3n) is 5.81. The molecule has 26 heavy (non-hydrogen) atoms. The van der Waals surface area contributed by atoms with Crippen LogP contribution in [0, 0.1) is 11.6 Å². The maximum absolute atomic E-state index is 14.3. The summed E-state index contributed by atoms with van der Waals surface area (Å²) in [7, 11) is 15.2. The second-order valence-corrected chi connectivity index (χ2v) is 47.8. The summed E-state index contributed by atoms with van der Waals surface area (Å²) >= 11 is -4.73. The summed E-state index contributed by atoms with van der Waals surface area (Å²) in [5.41, 5.74) is 3.05. The van der Waals surface area contributed by atoms with Gasteiger partial charge in [0.25, 0.3) is 0 Å². The van der Waals surface area contributed by atoms with E-state index in [0.717, 1.165) is 17.7 Å². The molecule has 0 atom stereocenters. The van der Waals surface area contributed by atoms with E-state index < -0.39 is 21.5 Å². The van der Waals surface area contributed by atoms with Gasteiger partial charge in [-0.05, 0) is 0 Å². The van der Waals surface area contributed by atoms with Crippen LogP contribution in [0.2, 0.25) is 13.1 Å². The second-order valence-electron chi connectivity index (χ2n) is 7.42. The molecule has 0 nitrogen and oxygen atoms in total. The van der Waals surface area contributed by atoms with E-state index in [2.05, 4.69) is 13.1 Å². The van der Waals surface area contributed by atoms with Crippen LogP contribution in [0.1, 0.15) is 22.3 Å². The van der Waals surface area contributed by atoms with Crippen molar-refractivity contribution >= 4 is 41.6 Å². The first-order chi connectivity index (χ1) is 12.2. The van der Waals surface area contributed by atoms with Crippen molar-refractivity contribution in [3.63, 3.8) is 0 Å². The van der Waals surface area contributed by atoms with Crippen LogP contribution in [0.15, 0.2) is 36.4 Å². The van der Waals surface area contributed by atoms with Gasteiger partial charge in [0.05, 0.1) is 0 Å². The van der Waals surface area contributed by atoms with E-state index in [9.17, 15) is 8.78 Å². The van der Waals surface area contributed by atoms with Gasteiger partial charge in [0, 0.05) is 0 Å². The van der Waals surface area contributed by atoms with E-state index in [1.54, 1.807) is 12.1 Å². The quantitative estimate of drug-likeness (QED) is 0.533. The summed E-state index contributed by atoms with van der Waals surface area (Å²) in [5, 5.41) is 0. The molecule has 0 heterocycles. The topological polar surface area (TPSA) is 0 Å². The maximum atomic E-state index is 14.3. The summed E-state index contributed by atoms with van der Waals surface area (Å²) in [5.74, 6) is -2.07. The average Bonchev–Trinajstić information content (AvgIpc) is 3.25. The normalized spacial score (nSPS) is 16.7. The Kier molecular flexibility index (Phi) is 4.51. The third kappa shape index (κ3) is 2.45. The SMILES string of the molecule is C[SiH](C)[Zr]([Cl])([Cl])([c]1ccc(F)c2c1C=CC2)[c]1ccc(F)c2c1C=CC2. The summed E-state index contributed by atoms with van der Waals surface area (Å²) < 4.78 is 30.4. The zero-order valence-corrected chi connectivity index (χ0v) is 19.7. The Bertz CT molecular complexity index is 922. The summed E-state index contributed by atoms with van der Waals surface area (Å²) in [6, 6.07) is 6.57. The number of benzene rings is 2. The van der Waals surface area contributed by atoms with E-state index in [0.29, 0.717) is 24.0 Å². The van der Waals surface area contributed by atoms with Gasteiger partial charge in [-0.3, -0.25) is 0 Å². The summed E-state index contributed by atoms with van der Waals surface area (Å²) in [6.45, 7) is 4.32. The predicted octanol–water partition coefficient (Wildman–Crippen LogP) is 5.03. The molecule has 0 unspecified atom stereocenters. The molecule has 0 N–H and O–H groups in total. The van der Waals surface area contributed by atoms with Crippen molar-refractivity contribution in [3.8, 4) is 0 Å². The number of hydrogen-bond acceptors (Lipinski definition) is 0. The molecule has 0 saturated carbocycles. The molecule has 0 aromatic heterocycles. The predicted molar refractivity (Wildman–Crippen MR) is 108 cm³/mol. The molecule has 0 aliphatic heterocycles. The Morgan fingerprint density at radius 3 is 1.62 bits per heavy atom. The van der Waals surface area contributed by atoms with Crippen LogP contribution in [0.5, 0.6) is 0 Å². The van der Waals surface area contributed by atoms with Gasteiger partial charge in [-0.25, -0.2) is 0 Å². The molecule has 0 saturated heterocycles. The van der Waals surface area contributed by atoms with E-state index in [1.165, 1.54) is 12.1 Å². The van der Waals surface area contributed by atoms with Crippen LogP contribution in [0.3, 0.4) is 0 Å². The Hall–Kier alpha value is -0.540. The van der Waals surface area contributed by atoms with Crippen LogP contribution >= 0.6 is 17.0 Å². The molecular weight excluding hydrogens is 468 g/mol. The molecule has 4 rings (SSSR count). The van der Waals surface area contributed by atoms with E-state index in [1.807, 2.05) is 24.3 Å². The van der Waals surface area contributed by atoms with Crippen molar-refractivity contribution in [2.75, 3.05) is 0 Å². The fourth-order valence-electron chi connectivity index (χ4n) is 4.23. The average molecular weight is 488 g/mol. The molecule has 0 bridgehead atoms. The summed E-state index contributed by atoms with van der Waals surface area (Å²) in [6.07, 6.45) is 8.93. The monoisotopic (exact) mass is 485 g/mol. The molecule has 2 aliphatic carbocycles. The van der Waals surface area contributed by atoms with Crippen molar-refractivity contribution in [3.05, 3.63) is 70.3 Å². The van der Waals surface area contributed by atoms with Crippen LogP contribution in [-0.2, 0) is 28.4 Å². The van der Waals surface area contributed by atoms with Crippen molar-refractivity contribution in [2.24, 2.45) is 0 Å². The number of fused-ring (bicyclic) bond motifs is 2. The Morgan fingerprint density at radius 2 is 1.23 bits per heavy atom. The molecule has 2 aliphatic rings. The first-order valence-electron chi connectivity index (χ1n) is 8.79. The van der Waals surface area contributed by atoms with Crippen molar-refractivity contribution in [1.29, 1.82) is 0 Å². The van der Waals surface area contributed by atoms with Gasteiger partial charge in [-0.2, -0.15) is 0 Å². The van der Waals surface area contributed by atoms with Crippen molar-refractivity contribution in [2.45, 2.75) is 25.9 Å². The first-order valence-corrected chi connectivity index (χ1v) is 24.7. The van der Waals surface area contributed by atoms with E-state index in [4.69, 9.17) is 17.0 Å². The van der Waals surface area contributed by atoms with Crippen LogP contribution < -0.4 is 6.54 Å². The zero-order valence-electron chi connectivity index (χ0n) is 14.6. The molecule has 0 spiro atoms. The number of hydrogen-bond donors (Lipinski definition) is 0. The zero-order chi connectivity index (χ0) is 18.7. The molecule has 2 aromatic rings. The molecular formula is C20H19Cl2F2SiZr. The molecule has 0 amide bonds. The second kappa shape index (κ2) is 6.24. The van der Waals surface area contributed by atoms with Gasteiger partial charge in [0.1, 0.15) is 0 Å². The van der Waals surface area contributed by atoms with Gasteiger partial charge in [-0.15, -0.1) is 0 Å². The molecule has 2 aromatic carbocycles. The molecule has 0 radical (unpaired) electrons. The van der Waals surface area contributed by atoms with Gasteiger partial charge >= 0.3 is 162 Å². The number of allylic oxidation sites excluding steroid dienone is 2. The van der Waals surface area contributed by atoms with Crippen molar-refractivity contribution in [1.82, 2.24) is 0 Å². The van der Waals surface area contributed by atoms with Gasteiger partial charge in [0.15, 0.2) is 0 Å². The molecule has 135 valence electrons. The fraction of sp³-hybridized carbons (Fsp3) is 0.200.